The Morgan fingerprint density at radius 2 is 1.67 bits per heavy atom. The van der Waals surface area contributed by atoms with Crippen LogP contribution >= 0.6 is 0 Å². The molecule has 0 unspecified atom stereocenters. The van der Waals surface area contributed by atoms with E-state index in [-0.39, 0.29) is 32.7 Å². The van der Waals surface area contributed by atoms with Gasteiger partial charge in [0.1, 0.15) is 12.0 Å². The minimum atomic E-state index is -0.943. The Bertz CT molecular complexity index is 685. The van der Waals surface area contributed by atoms with E-state index in [0.717, 1.165) is 36.0 Å². The van der Waals surface area contributed by atoms with Crippen LogP contribution in [0.2, 0.25) is 0 Å². The zero-order valence-electron chi connectivity index (χ0n) is 15.7. The summed E-state index contributed by atoms with van der Waals surface area (Å²) in [6.45, 7) is 2.79. The monoisotopic (exact) mass is 443 g/mol. The molecular formula is C22H26O4Y. The van der Waals surface area contributed by atoms with Gasteiger partial charge in [-0.3, -0.25) is 4.79 Å². The third-order valence-electron chi connectivity index (χ3n) is 4.47. The Kier molecular flexibility index (Phi) is 11.1. The summed E-state index contributed by atoms with van der Waals surface area (Å²) < 4.78 is 5.63. The molecule has 4 nitrogen and oxygen atoms in total. The van der Waals surface area contributed by atoms with Crippen LogP contribution in [-0.2, 0) is 55.1 Å². The summed E-state index contributed by atoms with van der Waals surface area (Å²) in [5.74, 6) is -1.47. The quantitative estimate of drug-likeness (QED) is 0.419. The van der Waals surface area contributed by atoms with E-state index in [0.29, 0.717) is 19.4 Å². The van der Waals surface area contributed by atoms with Gasteiger partial charge in [0.15, 0.2) is 0 Å². The molecular weight excluding hydrogens is 417 g/mol. The fraction of sp³-hybridized carbons (Fsp3) is 0.364. The van der Waals surface area contributed by atoms with Gasteiger partial charge >= 0.3 is 5.97 Å². The molecule has 2 atom stereocenters. The van der Waals surface area contributed by atoms with Crippen molar-refractivity contribution >= 4 is 12.3 Å². The molecule has 2 aromatic carbocycles. The summed E-state index contributed by atoms with van der Waals surface area (Å²) in [6, 6.07) is 17.0. The minimum Gasteiger partial charge on any atom is -0.494 e. The van der Waals surface area contributed by atoms with Crippen LogP contribution < -0.4 is 4.74 Å². The molecule has 5 heteroatoms. The van der Waals surface area contributed by atoms with Gasteiger partial charge in [0.05, 0.1) is 12.5 Å². The molecule has 0 aromatic heterocycles. The first kappa shape index (κ1) is 23.5. The van der Waals surface area contributed by atoms with Crippen molar-refractivity contribution in [2.24, 2.45) is 11.8 Å². The number of carbonyl (C=O) groups excluding carboxylic acids is 1. The molecule has 141 valence electrons. The van der Waals surface area contributed by atoms with Crippen molar-refractivity contribution in [2.45, 2.75) is 32.6 Å². The number of carboxylic acids is 1. The molecule has 0 heterocycles. The number of rotatable bonds is 11. The third kappa shape index (κ3) is 7.94. The van der Waals surface area contributed by atoms with Crippen molar-refractivity contribution in [3.8, 4) is 5.75 Å². The standard InChI is InChI=1S/C22H26O4.Y/c1-2-3-13-26-20-11-9-18(10-12-20)15-21(22(24)25)19(16-23)14-17-7-5-4-6-8-17;/h4-12,16,19,21H,2-3,13-15H2,1H3,(H,24,25);/t19-,21-;/m1./s1. The molecule has 1 radical (unpaired) electrons. The van der Waals surface area contributed by atoms with Gasteiger partial charge in [-0.2, -0.15) is 0 Å². The number of aliphatic carboxylic acids is 1. The van der Waals surface area contributed by atoms with Gasteiger partial charge in [-0.05, 0) is 42.5 Å². The molecule has 0 saturated heterocycles. The number of hydrogen-bond acceptors (Lipinski definition) is 3. The fourth-order valence-corrected chi connectivity index (χ4v) is 2.90. The Morgan fingerprint density at radius 1 is 1.04 bits per heavy atom. The van der Waals surface area contributed by atoms with Crippen LogP contribution in [0.25, 0.3) is 0 Å². The second-order valence-electron chi connectivity index (χ2n) is 6.48. The van der Waals surface area contributed by atoms with Crippen LogP contribution in [0.15, 0.2) is 54.6 Å². The van der Waals surface area contributed by atoms with E-state index >= 15 is 0 Å². The zero-order valence-corrected chi connectivity index (χ0v) is 18.6. The Morgan fingerprint density at radius 3 is 2.22 bits per heavy atom. The van der Waals surface area contributed by atoms with E-state index in [1.54, 1.807) is 0 Å². The topological polar surface area (TPSA) is 63.6 Å². The van der Waals surface area contributed by atoms with Crippen molar-refractivity contribution in [3.05, 3.63) is 65.7 Å². The van der Waals surface area contributed by atoms with Crippen molar-refractivity contribution in [2.75, 3.05) is 6.61 Å². The summed E-state index contributed by atoms with van der Waals surface area (Å²) in [5.41, 5.74) is 1.86. The van der Waals surface area contributed by atoms with E-state index in [2.05, 4.69) is 6.92 Å². The molecule has 2 rings (SSSR count). The molecule has 0 amide bonds. The van der Waals surface area contributed by atoms with Crippen LogP contribution in [0, 0.1) is 11.8 Å². The van der Waals surface area contributed by atoms with E-state index in [1.165, 1.54) is 0 Å². The molecule has 0 fully saturated rings. The number of hydrogen-bond donors (Lipinski definition) is 1. The molecule has 1 N–H and O–H groups in total. The Hall–Kier alpha value is -1.52. The summed E-state index contributed by atoms with van der Waals surface area (Å²) in [4.78, 5) is 23.3. The van der Waals surface area contributed by atoms with Crippen LogP contribution in [0.5, 0.6) is 5.75 Å². The van der Waals surface area contributed by atoms with Gasteiger partial charge in [-0.1, -0.05) is 55.8 Å². The summed E-state index contributed by atoms with van der Waals surface area (Å²) in [7, 11) is 0. The molecule has 27 heavy (non-hydrogen) atoms. The zero-order chi connectivity index (χ0) is 18.8. The first-order chi connectivity index (χ1) is 12.6. The molecule has 0 saturated carbocycles. The van der Waals surface area contributed by atoms with E-state index in [9.17, 15) is 14.7 Å². The third-order valence-corrected chi connectivity index (χ3v) is 4.47. The number of benzene rings is 2. The van der Waals surface area contributed by atoms with Gasteiger partial charge in [0, 0.05) is 38.6 Å². The van der Waals surface area contributed by atoms with E-state index in [4.69, 9.17) is 4.74 Å². The first-order valence-corrected chi connectivity index (χ1v) is 9.07. The van der Waals surface area contributed by atoms with Gasteiger partial charge < -0.3 is 14.6 Å². The number of carbonyl (C=O) groups is 2. The van der Waals surface area contributed by atoms with Crippen molar-refractivity contribution in [1.82, 2.24) is 0 Å². The van der Waals surface area contributed by atoms with Crippen LogP contribution in [0.1, 0.15) is 30.9 Å². The van der Waals surface area contributed by atoms with Gasteiger partial charge in [-0.15, -0.1) is 0 Å². The summed E-state index contributed by atoms with van der Waals surface area (Å²) in [5, 5.41) is 9.63. The van der Waals surface area contributed by atoms with Crippen molar-refractivity contribution in [1.29, 1.82) is 0 Å². The number of aldehydes is 1. The Labute approximate surface area is 186 Å². The van der Waals surface area contributed by atoms with Crippen LogP contribution in [0.3, 0.4) is 0 Å². The molecule has 0 aliphatic heterocycles. The molecule has 0 bridgehead atoms. The van der Waals surface area contributed by atoms with Crippen LogP contribution in [0.4, 0.5) is 0 Å². The smallest absolute Gasteiger partial charge is 0.307 e. The minimum absolute atomic E-state index is 0. The SMILES string of the molecule is CCCCOc1ccc(C[C@@H](C(=O)O)[C@@H](C=O)Cc2ccccc2)cc1.[Y]. The summed E-state index contributed by atoms with van der Waals surface area (Å²) in [6.07, 6.45) is 3.60. The number of carboxylic acid groups (broad SMARTS) is 1. The van der Waals surface area contributed by atoms with Crippen molar-refractivity contribution in [3.63, 3.8) is 0 Å². The largest absolute Gasteiger partial charge is 0.494 e. The van der Waals surface area contributed by atoms with Crippen molar-refractivity contribution < 1.29 is 52.1 Å². The maximum atomic E-state index is 11.8. The first-order valence-electron chi connectivity index (χ1n) is 9.07. The number of unbranched alkanes of at least 4 members (excludes halogenated alkanes) is 1. The molecule has 0 aliphatic rings. The second kappa shape index (κ2) is 12.8. The maximum Gasteiger partial charge on any atom is 0.307 e. The van der Waals surface area contributed by atoms with Gasteiger partial charge in [-0.25, -0.2) is 0 Å². The molecule has 0 spiro atoms. The fourth-order valence-electron chi connectivity index (χ4n) is 2.90. The van der Waals surface area contributed by atoms with E-state index in [1.807, 2.05) is 54.6 Å². The molecule has 2 aromatic rings. The predicted molar refractivity (Wildman–Crippen MR) is 101 cm³/mol. The Balaban J connectivity index is 0.00000364. The van der Waals surface area contributed by atoms with Gasteiger partial charge in [0.25, 0.3) is 0 Å². The normalized spacial score (nSPS) is 12.5. The predicted octanol–water partition coefficient (Wildman–Crippen LogP) is 4.16. The molecule has 0 aliphatic carbocycles. The number of ether oxygens (including phenoxy) is 1. The summed E-state index contributed by atoms with van der Waals surface area (Å²) >= 11 is 0. The second-order valence-corrected chi connectivity index (χ2v) is 6.48. The average molecular weight is 443 g/mol. The van der Waals surface area contributed by atoms with E-state index < -0.39 is 17.8 Å². The maximum absolute atomic E-state index is 11.8. The van der Waals surface area contributed by atoms with Gasteiger partial charge in [0.2, 0.25) is 0 Å². The van der Waals surface area contributed by atoms with Crippen LogP contribution in [-0.4, -0.2) is 24.0 Å². The average Bonchev–Trinajstić information content (AvgIpc) is 2.66.